The van der Waals surface area contributed by atoms with Crippen molar-refractivity contribution in [1.82, 2.24) is 5.32 Å². The summed E-state index contributed by atoms with van der Waals surface area (Å²) in [5.74, 6) is 0.874. The van der Waals surface area contributed by atoms with Crippen molar-refractivity contribution in [1.29, 1.82) is 0 Å². The van der Waals surface area contributed by atoms with Crippen LogP contribution in [0.5, 0.6) is 0 Å². The maximum Gasteiger partial charge on any atom is 0.102 e. The number of rotatable bonds is 3. The van der Waals surface area contributed by atoms with Crippen molar-refractivity contribution in [3.63, 3.8) is 0 Å². The van der Waals surface area contributed by atoms with E-state index in [0.717, 1.165) is 25.2 Å². The average molecular weight is 185 g/mol. The van der Waals surface area contributed by atoms with Gasteiger partial charge in [-0.25, -0.2) is 4.39 Å². The summed E-state index contributed by atoms with van der Waals surface area (Å²) in [5.41, 5.74) is 0. The van der Waals surface area contributed by atoms with Gasteiger partial charge in [0.2, 0.25) is 0 Å². The maximum atomic E-state index is 12.9. The van der Waals surface area contributed by atoms with Crippen LogP contribution in [0.4, 0.5) is 4.39 Å². The van der Waals surface area contributed by atoms with Crippen LogP contribution < -0.4 is 5.32 Å². The topological polar surface area (TPSA) is 12.0 Å². The van der Waals surface area contributed by atoms with Crippen molar-refractivity contribution in [3.05, 3.63) is 0 Å². The summed E-state index contributed by atoms with van der Waals surface area (Å²) in [6, 6.07) is 1.08. The predicted octanol–water partition coefficient (Wildman–Crippen LogP) is 2.66. The fourth-order valence-corrected chi connectivity index (χ4v) is 2.53. The Morgan fingerprint density at radius 2 is 2.00 bits per heavy atom. The summed E-state index contributed by atoms with van der Waals surface area (Å²) >= 11 is 0. The molecule has 0 heterocycles. The van der Waals surface area contributed by atoms with Crippen LogP contribution in [0.2, 0.25) is 0 Å². The van der Waals surface area contributed by atoms with Gasteiger partial charge in [0, 0.05) is 12.1 Å². The van der Waals surface area contributed by atoms with Crippen molar-refractivity contribution in [2.45, 2.75) is 63.7 Å². The minimum Gasteiger partial charge on any atom is -0.311 e. The summed E-state index contributed by atoms with van der Waals surface area (Å²) in [4.78, 5) is 0. The zero-order valence-electron chi connectivity index (χ0n) is 8.43. The number of nitrogens with one attached hydrogen (secondary N) is 1. The molecule has 0 aromatic carbocycles. The largest absolute Gasteiger partial charge is 0.311 e. The Bertz CT molecular complexity index is 167. The molecule has 0 bridgehead atoms. The van der Waals surface area contributed by atoms with Gasteiger partial charge in [0.05, 0.1) is 0 Å². The number of hydrogen-bond donors (Lipinski definition) is 1. The smallest absolute Gasteiger partial charge is 0.102 e. The molecule has 0 saturated heterocycles. The molecule has 2 aliphatic carbocycles. The molecule has 2 fully saturated rings. The fourth-order valence-electron chi connectivity index (χ4n) is 2.53. The predicted molar refractivity (Wildman–Crippen MR) is 52.5 cm³/mol. The molecule has 0 spiro atoms. The van der Waals surface area contributed by atoms with Crippen LogP contribution in [0.3, 0.4) is 0 Å². The van der Waals surface area contributed by atoms with E-state index in [2.05, 4.69) is 12.2 Å². The molecule has 3 atom stereocenters. The lowest BCUT2D eigenvalue weighted by Crippen LogP contribution is -2.42. The fraction of sp³-hybridized carbons (Fsp3) is 1.00. The molecule has 0 aromatic rings. The van der Waals surface area contributed by atoms with Gasteiger partial charge in [-0.05, 0) is 44.9 Å². The Labute approximate surface area is 80.1 Å². The minimum absolute atomic E-state index is 0.464. The van der Waals surface area contributed by atoms with Crippen LogP contribution >= 0.6 is 0 Å². The van der Waals surface area contributed by atoms with Crippen LogP contribution in [0.25, 0.3) is 0 Å². The van der Waals surface area contributed by atoms with Crippen molar-refractivity contribution >= 4 is 0 Å². The Morgan fingerprint density at radius 1 is 1.23 bits per heavy atom. The highest BCUT2D eigenvalue weighted by Gasteiger charge is 2.29. The first-order chi connectivity index (χ1) is 6.25. The molecule has 13 heavy (non-hydrogen) atoms. The van der Waals surface area contributed by atoms with Crippen molar-refractivity contribution < 1.29 is 4.39 Å². The quantitative estimate of drug-likeness (QED) is 0.712. The summed E-state index contributed by atoms with van der Waals surface area (Å²) < 4.78 is 12.9. The molecule has 2 heteroatoms. The molecule has 76 valence electrons. The molecular weight excluding hydrogens is 165 g/mol. The van der Waals surface area contributed by atoms with E-state index in [0.29, 0.717) is 12.1 Å². The lowest BCUT2D eigenvalue weighted by molar-refractivity contribution is 0.223. The van der Waals surface area contributed by atoms with E-state index >= 15 is 0 Å². The zero-order chi connectivity index (χ0) is 9.26. The molecule has 0 amide bonds. The average Bonchev–Trinajstić information content (AvgIpc) is 2.31. The highest BCUT2D eigenvalue weighted by atomic mass is 19.1. The van der Waals surface area contributed by atoms with Gasteiger partial charge in [0.1, 0.15) is 6.17 Å². The van der Waals surface area contributed by atoms with Crippen molar-refractivity contribution in [2.24, 2.45) is 5.92 Å². The zero-order valence-corrected chi connectivity index (χ0v) is 8.43. The van der Waals surface area contributed by atoms with E-state index in [-0.39, 0.29) is 0 Å². The second kappa shape index (κ2) is 3.95. The lowest BCUT2D eigenvalue weighted by Gasteiger charge is -2.33. The summed E-state index contributed by atoms with van der Waals surface area (Å²) in [7, 11) is 0. The minimum atomic E-state index is -0.536. The number of halogens is 1. The second-order valence-corrected chi connectivity index (χ2v) is 4.75. The van der Waals surface area contributed by atoms with Gasteiger partial charge in [-0.15, -0.1) is 0 Å². The van der Waals surface area contributed by atoms with Gasteiger partial charge < -0.3 is 5.32 Å². The molecule has 0 aromatic heterocycles. The summed E-state index contributed by atoms with van der Waals surface area (Å²) in [5, 5.41) is 3.57. The molecule has 3 unspecified atom stereocenters. The first kappa shape index (κ1) is 9.45. The molecule has 2 rings (SSSR count). The van der Waals surface area contributed by atoms with Crippen LogP contribution in [0.15, 0.2) is 0 Å². The third-order valence-corrected chi connectivity index (χ3v) is 3.72. The van der Waals surface area contributed by atoms with Gasteiger partial charge in [-0.1, -0.05) is 6.42 Å². The SMILES string of the molecule is CC(NC1CCC(F)C1)C1CCC1. The standard InChI is InChI=1S/C11H20FN/c1-8(9-3-2-4-9)13-11-6-5-10(12)7-11/h8-11,13H,2-7H2,1H3. The van der Waals surface area contributed by atoms with Crippen LogP contribution in [-0.4, -0.2) is 18.3 Å². The summed E-state index contributed by atoms with van der Waals surface area (Å²) in [6.07, 6.45) is 6.17. The Hall–Kier alpha value is -0.110. The van der Waals surface area contributed by atoms with E-state index in [4.69, 9.17) is 0 Å². The Kier molecular flexibility index (Phi) is 2.87. The van der Waals surface area contributed by atoms with Crippen molar-refractivity contribution in [2.75, 3.05) is 0 Å². The van der Waals surface area contributed by atoms with Crippen LogP contribution in [-0.2, 0) is 0 Å². The normalized spacial score (nSPS) is 37.4. The van der Waals surface area contributed by atoms with Gasteiger partial charge in [0.25, 0.3) is 0 Å². The molecule has 2 saturated carbocycles. The highest BCUT2D eigenvalue weighted by molar-refractivity contribution is 4.86. The van der Waals surface area contributed by atoms with E-state index in [9.17, 15) is 4.39 Å². The van der Waals surface area contributed by atoms with Gasteiger partial charge in [-0.2, -0.15) is 0 Å². The summed E-state index contributed by atoms with van der Waals surface area (Å²) in [6.45, 7) is 2.26. The maximum absolute atomic E-state index is 12.9. The third-order valence-electron chi connectivity index (χ3n) is 3.72. The molecule has 2 aliphatic rings. The van der Waals surface area contributed by atoms with E-state index in [1.165, 1.54) is 19.3 Å². The number of alkyl halides is 1. The first-order valence-corrected chi connectivity index (χ1v) is 5.66. The monoisotopic (exact) mass is 185 g/mol. The van der Waals surface area contributed by atoms with Gasteiger partial charge >= 0.3 is 0 Å². The van der Waals surface area contributed by atoms with Gasteiger partial charge in [-0.3, -0.25) is 0 Å². The molecule has 0 aliphatic heterocycles. The molecular formula is C11H20FN. The third kappa shape index (κ3) is 2.22. The number of hydrogen-bond acceptors (Lipinski definition) is 1. The van der Waals surface area contributed by atoms with Gasteiger partial charge in [0.15, 0.2) is 0 Å². The molecule has 1 nitrogen and oxygen atoms in total. The molecule has 1 N–H and O–H groups in total. The van der Waals surface area contributed by atoms with Crippen molar-refractivity contribution in [3.8, 4) is 0 Å². The first-order valence-electron chi connectivity index (χ1n) is 5.66. The van der Waals surface area contributed by atoms with E-state index in [1.807, 2.05) is 0 Å². The van der Waals surface area contributed by atoms with Crippen LogP contribution in [0, 0.1) is 5.92 Å². The van der Waals surface area contributed by atoms with E-state index in [1.54, 1.807) is 0 Å². The molecule has 0 radical (unpaired) electrons. The second-order valence-electron chi connectivity index (χ2n) is 4.75. The Morgan fingerprint density at radius 3 is 2.46 bits per heavy atom. The Balaban J connectivity index is 1.71. The van der Waals surface area contributed by atoms with Crippen LogP contribution in [0.1, 0.15) is 45.4 Å². The highest BCUT2D eigenvalue weighted by Crippen LogP contribution is 2.31. The van der Waals surface area contributed by atoms with E-state index < -0.39 is 6.17 Å². The lowest BCUT2D eigenvalue weighted by atomic mass is 9.80.